The first-order valence-corrected chi connectivity index (χ1v) is 7.23. The lowest BCUT2D eigenvalue weighted by atomic mass is 10.0. The zero-order chi connectivity index (χ0) is 14.8. The van der Waals surface area contributed by atoms with Crippen LogP contribution in [0.1, 0.15) is 25.3 Å². The van der Waals surface area contributed by atoms with Gasteiger partial charge in [0.25, 0.3) is 0 Å². The van der Waals surface area contributed by atoms with Crippen molar-refractivity contribution in [2.24, 2.45) is 0 Å². The Morgan fingerprint density at radius 1 is 0.810 bits per heavy atom. The van der Waals surface area contributed by atoms with E-state index in [1.54, 1.807) is 0 Å². The molecule has 0 bridgehead atoms. The van der Waals surface area contributed by atoms with Crippen molar-refractivity contribution in [1.29, 1.82) is 0 Å². The van der Waals surface area contributed by atoms with Crippen LogP contribution in [0.3, 0.4) is 0 Å². The maximum Gasteiger partial charge on any atom is 0.0771 e. The summed E-state index contributed by atoms with van der Waals surface area (Å²) in [7, 11) is 0. The third-order valence-electron chi connectivity index (χ3n) is 3.80. The summed E-state index contributed by atoms with van der Waals surface area (Å²) in [5.74, 6) is 0.490. The van der Waals surface area contributed by atoms with E-state index in [0.29, 0.717) is 5.92 Å². The lowest BCUT2D eigenvalue weighted by molar-refractivity contribution is 0.302. The van der Waals surface area contributed by atoms with E-state index in [2.05, 4.69) is 38.1 Å². The number of fused-ring (bicyclic) bond motifs is 1. The van der Waals surface area contributed by atoms with Crippen LogP contribution in [0.25, 0.3) is 10.8 Å². The third-order valence-corrected chi connectivity index (χ3v) is 3.80. The fourth-order valence-electron chi connectivity index (χ4n) is 2.53. The van der Waals surface area contributed by atoms with Crippen LogP contribution >= 0.6 is 0 Å². The minimum Gasteiger partial charge on any atom is -0.283 e. The van der Waals surface area contributed by atoms with E-state index in [-0.39, 0.29) is 0 Å². The standard InChI is InChI=1S/C19H19NO/c1-14(2)15-10-12-17(13-11-15)20(21)19-9-5-7-16-6-3-4-8-18(16)19/h3-14,21H,1-2H3. The quantitative estimate of drug-likeness (QED) is 0.640. The summed E-state index contributed by atoms with van der Waals surface area (Å²) in [5.41, 5.74) is 2.84. The topological polar surface area (TPSA) is 23.5 Å². The summed E-state index contributed by atoms with van der Waals surface area (Å²) >= 11 is 0. The van der Waals surface area contributed by atoms with E-state index < -0.39 is 0 Å². The van der Waals surface area contributed by atoms with Crippen molar-refractivity contribution >= 4 is 22.1 Å². The highest BCUT2D eigenvalue weighted by molar-refractivity contribution is 5.95. The largest absolute Gasteiger partial charge is 0.283 e. The Morgan fingerprint density at radius 3 is 2.19 bits per heavy atom. The van der Waals surface area contributed by atoms with Gasteiger partial charge in [-0.25, -0.2) is 5.06 Å². The normalized spacial score (nSPS) is 11.0. The molecule has 2 nitrogen and oxygen atoms in total. The van der Waals surface area contributed by atoms with Gasteiger partial charge >= 0.3 is 0 Å². The molecule has 0 atom stereocenters. The maximum atomic E-state index is 10.6. The molecule has 0 unspecified atom stereocenters. The molecule has 0 aromatic heterocycles. The van der Waals surface area contributed by atoms with Crippen LogP contribution in [-0.4, -0.2) is 5.21 Å². The molecule has 0 aliphatic carbocycles. The molecule has 0 amide bonds. The first-order valence-electron chi connectivity index (χ1n) is 7.23. The van der Waals surface area contributed by atoms with Crippen molar-refractivity contribution in [3.05, 3.63) is 72.3 Å². The first-order chi connectivity index (χ1) is 10.2. The van der Waals surface area contributed by atoms with Crippen molar-refractivity contribution in [2.75, 3.05) is 5.06 Å². The Balaban J connectivity index is 2.02. The SMILES string of the molecule is CC(C)c1ccc(N(O)c2cccc3ccccc23)cc1. The van der Waals surface area contributed by atoms with Crippen molar-refractivity contribution in [3.8, 4) is 0 Å². The molecule has 3 rings (SSSR count). The monoisotopic (exact) mass is 277 g/mol. The fourth-order valence-corrected chi connectivity index (χ4v) is 2.53. The number of hydrogen-bond acceptors (Lipinski definition) is 2. The average Bonchev–Trinajstić information content (AvgIpc) is 2.53. The lowest BCUT2D eigenvalue weighted by Gasteiger charge is -2.19. The lowest BCUT2D eigenvalue weighted by Crippen LogP contribution is -2.10. The van der Waals surface area contributed by atoms with Crippen LogP contribution in [0.15, 0.2) is 66.7 Å². The van der Waals surface area contributed by atoms with E-state index in [0.717, 1.165) is 22.1 Å². The van der Waals surface area contributed by atoms with Gasteiger partial charge in [0, 0.05) is 5.39 Å². The number of rotatable bonds is 3. The Morgan fingerprint density at radius 2 is 1.48 bits per heavy atom. The van der Waals surface area contributed by atoms with Crippen LogP contribution in [0, 0.1) is 0 Å². The van der Waals surface area contributed by atoms with Gasteiger partial charge in [0.05, 0.1) is 11.4 Å². The molecule has 106 valence electrons. The van der Waals surface area contributed by atoms with Crippen LogP contribution < -0.4 is 5.06 Å². The first kappa shape index (κ1) is 13.7. The highest BCUT2D eigenvalue weighted by atomic mass is 16.5. The van der Waals surface area contributed by atoms with Crippen LogP contribution in [-0.2, 0) is 0 Å². The summed E-state index contributed by atoms with van der Waals surface area (Å²) in [6, 6.07) is 22.0. The zero-order valence-corrected chi connectivity index (χ0v) is 12.3. The van der Waals surface area contributed by atoms with Crippen molar-refractivity contribution in [2.45, 2.75) is 19.8 Å². The number of hydrogen-bond donors (Lipinski definition) is 1. The highest BCUT2D eigenvalue weighted by Gasteiger charge is 2.10. The van der Waals surface area contributed by atoms with E-state index in [1.165, 1.54) is 10.6 Å². The van der Waals surface area contributed by atoms with Gasteiger partial charge in [-0.05, 0) is 35.1 Å². The van der Waals surface area contributed by atoms with E-state index >= 15 is 0 Å². The van der Waals surface area contributed by atoms with Crippen molar-refractivity contribution < 1.29 is 5.21 Å². The third kappa shape index (κ3) is 2.63. The summed E-state index contributed by atoms with van der Waals surface area (Å²) in [4.78, 5) is 0. The molecule has 0 aliphatic heterocycles. The minimum atomic E-state index is 0.490. The number of anilines is 2. The van der Waals surface area contributed by atoms with E-state index in [9.17, 15) is 5.21 Å². The summed E-state index contributed by atoms with van der Waals surface area (Å²) in [6.45, 7) is 4.33. The second kappa shape index (κ2) is 5.58. The molecule has 3 aromatic rings. The van der Waals surface area contributed by atoms with Crippen LogP contribution in [0.4, 0.5) is 11.4 Å². The van der Waals surface area contributed by atoms with Crippen LogP contribution in [0.5, 0.6) is 0 Å². The van der Waals surface area contributed by atoms with Gasteiger partial charge in [-0.2, -0.15) is 0 Å². The molecule has 3 aromatic carbocycles. The van der Waals surface area contributed by atoms with Gasteiger partial charge in [-0.1, -0.05) is 62.4 Å². The number of nitrogens with zero attached hydrogens (tertiary/aromatic N) is 1. The summed E-state index contributed by atoms with van der Waals surface area (Å²) in [6.07, 6.45) is 0. The van der Waals surface area contributed by atoms with Gasteiger partial charge in [0.2, 0.25) is 0 Å². The molecule has 21 heavy (non-hydrogen) atoms. The zero-order valence-electron chi connectivity index (χ0n) is 12.3. The van der Waals surface area contributed by atoms with Gasteiger partial charge in [-0.3, -0.25) is 5.21 Å². The Labute approximate surface area is 125 Å². The van der Waals surface area contributed by atoms with Crippen molar-refractivity contribution in [1.82, 2.24) is 0 Å². The molecule has 0 aliphatic rings. The van der Waals surface area contributed by atoms with E-state index in [1.807, 2.05) is 42.5 Å². The fraction of sp³-hybridized carbons (Fsp3) is 0.158. The van der Waals surface area contributed by atoms with Gasteiger partial charge < -0.3 is 0 Å². The molecule has 0 spiro atoms. The summed E-state index contributed by atoms with van der Waals surface area (Å²) in [5, 5.41) is 14.0. The molecular weight excluding hydrogens is 258 g/mol. The summed E-state index contributed by atoms with van der Waals surface area (Å²) < 4.78 is 0. The Hall–Kier alpha value is -2.32. The molecule has 2 heteroatoms. The molecular formula is C19H19NO. The average molecular weight is 277 g/mol. The smallest absolute Gasteiger partial charge is 0.0771 e. The molecule has 0 radical (unpaired) electrons. The van der Waals surface area contributed by atoms with E-state index in [4.69, 9.17) is 0 Å². The maximum absolute atomic E-state index is 10.6. The second-order valence-electron chi connectivity index (χ2n) is 5.56. The molecule has 0 saturated heterocycles. The van der Waals surface area contributed by atoms with Crippen molar-refractivity contribution in [3.63, 3.8) is 0 Å². The van der Waals surface area contributed by atoms with Gasteiger partial charge in [0.1, 0.15) is 0 Å². The van der Waals surface area contributed by atoms with Gasteiger partial charge in [0.15, 0.2) is 0 Å². The predicted molar refractivity (Wildman–Crippen MR) is 88.4 cm³/mol. The van der Waals surface area contributed by atoms with Gasteiger partial charge in [-0.15, -0.1) is 0 Å². The molecule has 0 fully saturated rings. The minimum absolute atomic E-state index is 0.490. The molecule has 0 heterocycles. The highest BCUT2D eigenvalue weighted by Crippen LogP contribution is 2.31. The van der Waals surface area contributed by atoms with Crippen LogP contribution in [0.2, 0.25) is 0 Å². The number of benzene rings is 3. The second-order valence-corrected chi connectivity index (χ2v) is 5.56. The Kier molecular flexibility index (Phi) is 3.63. The molecule has 0 saturated carbocycles. The Bertz CT molecular complexity index is 742. The predicted octanol–water partition coefficient (Wildman–Crippen LogP) is 5.49. The molecule has 1 N–H and O–H groups in total.